The van der Waals surface area contributed by atoms with E-state index in [1.54, 1.807) is 6.92 Å². The van der Waals surface area contributed by atoms with E-state index in [0.29, 0.717) is 6.42 Å². The van der Waals surface area contributed by atoms with Crippen LogP contribution in [0.2, 0.25) is 0 Å². The second kappa shape index (κ2) is 4.95. The molecular formula is C15H21NO3S. The number of para-hydroxylation sites is 1. The van der Waals surface area contributed by atoms with E-state index in [9.17, 15) is 8.42 Å². The molecular weight excluding hydrogens is 274 g/mol. The largest absolute Gasteiger partial charge is 0.490 e. The van der Waals surface area contributed by atoms with Gasteiger partial charge in [-0.3, -0.25) is 0 Å². The second-order valence-corrected chi connectivity index (χ2v) is 8.60. The highest BCUT2D eigenvalue weighted by atomic mass is 32.2. The van der Waals surface area contributed by atoms with Crippen LogP contribution < -0.4 is 10.1 Å². The Morgan fingerprint density at radius 1 is 1.35 bits per heavy atom. The maximum atomic E-state index is 12.1. The van der Waals surface area contributed by atoms with Crippen molar-refractivity contribution in [1.82, 2.24) is 0 Å². The molecule has 0 spiro atoms. The molecule has 0 radical (unpaired) electrons. The van der Waals surface area contributed by atoms with Crippen LogP contribution in [0.25, 0.3) is 0 Å². The second-order valence-electron chi connectivity index (χ2n) is 5.98. The number of aryl methyl sites for hydroxylation is 1. The number of fused-ring (bicyclic) bond motifs is 1. The van der Waals surface area contributed by atoms with Crippen molar-refractivity contribution in [2.24, 2.45) is 0 Å². The molecule has 5 heteroatoms. The minimum Gasteiger partial charge on any atom is -0.490 e. The van der Waals surface area contributed by atoms with E-state index in [2.05, 4.69) is 11.4 Å². The summed E-state index contributed by atoms with van der Waals surface area (Å²) in [5.41, 5.74) is 2.30. The summed E-state index contributed by atoms with van der Waals surface area (Å²) < 4.78 is 29.3. The standard InChI is InChI=1S/C15H21NO3S/c1-15(8-4-10-20(15,17)18)11-19-13-7-2-5-12-6-3-9-16-14(12)13/h2,5,7,16H,3-4,6,8-11H2,1H3. The zero-order valence-corrected chi connectivity index (χ0v) is 12.6. The Labute approximate surface area is 120 Å². The minimum atomic E-state index is -3.02. The van der Waals surface area contributed by atoms with Gasteiger partial charge in [0.05, 0.1) is 11.4 Å². The van der Waals surface area contributed by atoms with E-state index in [1.165, 1.54) is 5.56 Å². The summed E-state index contributed by atoms with van der Waals surface area (Å²) in [6.45, 7) is 2.99. The highest BCUT2D eigenvalue weighted by Gasteiger charge is 2.44. The van der Waals surface area contributed by atoms with Crippen LogP contribution in [0.1, 0.15) is 31.7 Å². The highest BCUT2D eigenvalue weighted by molar-refractivity contribution is 7.93. The van der Waals surface area contributed by atoms with Crippen molar-refractivity contribution in [1.29, 1.82) is 0 Å². The molecule has 1 unspecified atom stereocenters. The molecule has 0 aliphatic carbocycles. The lowest BCUT2D eigenvalue weighted by Gasteiger charge is -2.26. The van der Waals surface area contributed by atoms with Gasteiger partial charge in [-0.2, -0.15) is 0 Å². The smallest absolute Gasteiger partial charge is 0.159 e. The van der Waals surface area contributed by atoms with Gasteiger partial charge in [-0.1, -0.05) is 12.1 Å². The fraction of sp³-hybridized carbons (Fsp3) is 0.600. The summed E-state index contributed by atoms with van der Waals surface area (Å²) >= 11 is 0. The van der Waals surface area contributed by atoms with Crippen LogP contribution in [0.5, 0.6) is 5.75 Å². The number of sulfone groups is 1. The lowest BCUT2D eigenvalue weighted by molar-refractivity contribution is 0.270. The molecule has 2 aliphatic rings. The van der Waals surface area contributed by atoms with E-state index in [0.717, 1.165) is 37.2 Å². The van der Waals surface area contributed by atoms with E-state index in [1.807, 2.05) is 12.1 Å². The van der Waals surface area contributed by atoms with Gasteiger partial charge in [0, 0.05) is 6.54 Å². The van der Waals surface area contributed by atoms with Crippen LogP contribution in [-0.4, -0.2) is 32.1 Å². The molecule has 110 valence electrons. The van der Waals surface area contributed by atoms with E-state index in [-0.39, 0.29) is 12.4 Å². The topological polar surface area (TPSA) is 55.4 Å². The number of ether oxygens (including phenoxy) is 1. The molecule has 0 aromatic heterocycles. The molecule has 1 N–H and O–H groups in total. The van der Waals surface area contributed by atoms with Gasteiger partial charge in [0.1, 0.15) is 17.1 Å². The molecule has 1 atom stereocenters. The Morgan fingerprint density at radius 2 is 2.20 bits per heavy atom. The van der Waals surface area contributed by atoms with Crippen molar-refractivity contribution in [2.75, 3.05) is 24.2 Å². The van der Waals surface area contributed by atoms with Crippen LogP contribution >= 0.6 is 0 Å². The lowest BCUT2D eigenvalue weighted by Crippen LogP contribution is -2.37. The van der Waals surface area contributed by atoms with E-state index in [4.69, 9.17) is 4.74 Å². The van der Waals surface area contributed by atoms with Gasteiger partial charge in [0.2, 0.25) is 0 Å². The van der Waals surface area contributed by atoms with Crippen LogP contribution in [-0.2, 0) is 16.3 Å². The van der Waals surface area contributed by atoms with Gasteiger partial charge in [0.15, 0.2) is 9.84 Å². The average Bonchev–Trinajstić information content (AvgIpc) is 2.71. The van der Waals surface area contributed by atoms with Gasteiger partial charge < -0.3 is 10.1 Å². The summed E-state index contributed by atoms with van der Waals surface area (Å²) in [4.78, 5) is 0. The van der Waals surface area contributed by atoms with Gasteiger partial charge >= 0.3 is 0 Å². The Balaban J connectivity index is 1.79. The fourth-order valence-corrected chi connectivity index (χ4v) is 4.74. The van der Waals surface area contributed by atoms with Gasteiger partial charge in [0.25, 0.3) is 0 Å². The average molecular weight is 295 g/mol. The van der Waals surface area contributed by atoms with Crippen molar-refractivity contribution in [3.8, 4) is 5.75 Å². The third-order valence-electron chi connectivity index (χ3n) is 4.44. The van der Waals surface area contributed by atoms with Crippen molar-refractivity contribution < 1.29 is 13.2 Å². The maximum absolute atomic E-state index is 12.1. The molecule has 0 amide bonds. The third-order valence-corrected chi connectivity index (χ3v) is 7.09. The molecule has 2 heterocycles. The Morgan fingerprint density at radius 3 is 2.95 bits per heavy atom. The highest BCUT2D eigenvalue weighted by Crippen LogP contribution is 2.36. The first-order valence-electron chi connectivity index (χ1n) is 7.23. The van der Waals surface area contributed by atoms with E-state index >= 15 is 0 Å². The van der Waals surface area contributed by atoms with Crippen molar-refractivity contribution in [2.45, 2.75) is 37.4 Å². The predicted octanol–water partition coefficient (Wildman–Crippen LogP) is 2.39. The summed E-state index contributed by atoms with van der Waals surface area (Å²) in [6.07, 6.45) is 3.61. The zero-order valence-electron chi connectivity index (χ0n) is 11.8. The van der Waals surface area contributed by atoms with Crippen molar-refractivity contribution in [3.63, 3.8) is 0 Å². The molecule has 3 rings (SSSR count). The monoisotopic (exact) mass is 295 g/mol. The number of rotatable bonds is 3. The van der Waals surface area contributed by atoms with Gasteiger partial charge in [-0.05, 0) is 44.2 Å². The third kappa shape index (κ3) is 2.28. The quantitative estimate of drug-likeness (QED) is 0.930. The normalized spacial score (nSPS) is 27.6. The number of benzene rings is 1. The zero-order chi connectivity index (χ0) is 14.2. The Bertz CT molecular complexity index is 612. The van der Waals surface area contributed by atoms with Crippen LogP contribution in [0.4, 0.5) is 5.69 Å². The van der Waals surface area contributed by atoms with Crippen LogP contribution in [0.3, 0.4) is 0 Å². The molecule has 4 nitrogen and oxygen atoms in total. The molecule has 1 aromatic carbocycles. The van der Waals surface area contributed by atoms with Gasteiger partial charge in [-0.15, -0.1) is 0 Å². The summed E-state index contributed by atoms with van der Waals surface area (Å²) in [7, 11) is -3.02. The number of anilines is 1. The van der Waals surface area contributed by atoms with Crippen LogP contribution in [0, 0.1) is 0 Å². The number of hydrogen-bond acceptors (Lipinski definition) is 4. The van der Waals surface area contributed by atoms with Crippen molar-refractivity contribution >= 4 is 15.5 Å². The summed E-state index contributed by atoms with van der Waals surface area (Å²) in [5, 5.41) is 3.37. The molecule has 20 heavy (non-hydrogen) atoms. The molecule has 1 aromatic rings. The van der Waals surface area contributed by atoms with Crippen molar-refractivity contribution in [3.05, 3.63) is 23.8 Å². The molecule has 1 fully saturated rings. The Hall–Kier alpha value is -1.23. The Kier molecular flexibility index (Phi) is 3.40. The number of nitrogens with one attached hydrogen (secondary N) is 1. The first-order chi connectivity index (χ1) is 9.52. The molecule has 1 saturated heterocycles. The fourth-order valence-electron chi connectivity index (χ4n) is 3.03. The van der Waals surface area contributed by atoms with E-state index < -0.39 is 14.6 Å². The SMILES string of the molecule is CC1(COc2cccc3c2NCCC3)CCCS1(=O)=O. The lowest BCUT2D eigenvalue weighted by atomic mass is 10.0. The summed E-state index contributed by atoms with van der Waals surface area (Å²) in [6, 6.07) is 6.00. The maximum Gasteiger partial charge on any atom is 0.159 e. The van der Waals surface area contributed by atoms with Crippen LogP contribution in [0.15, 0.2) is 18.2 Å². The first-order valence-corrected chi connectivity index (χ1v) is 8.88. The number of hydrogen-bond donors (Lipinski definition) is 1. The predicted molar refractivity (Wildman–Crippen MR) is 80.2 cm³/mol. The first kappa shape index (κ1) is 13.7. The van der Waals surface area contributed by atoms with Gasteiger partial charge in [-0.25, -0.2) is 8.42 Å². The minimum absolute atomic E-state index is 0.244. The molecule has 0 saturated carbocycles. The molecule has 0 bridgehead atoms. The summed E-state index contributed by atoms with van der Waals surface area (Å²) in [5.74, 6) is 1.07. The molecule has 2 aliphatic heterocycles.